The Hall–Kier alpha value is -3.98. The van der Waals surface area contributed by atoms with Crippen LogP contribution < -0.4 is 9.64 Å². The van der Waals surface area contributed by atoms with Crippen molar-refractivity contribution in [3.63, 3.8) is 0 Å². The van der Waals surface area contributed by atoms with E-state index in [1.807, 2.05) is 24.3 Å². The van der Waals surface area contributed by atoms with Gasteiger partial charge in [0.15, 0.2) is 5.13 Å². The number of benzene rings is 3. The zero-order valence-corrected chi connectivity index (χ0v) is 18.6. The third kappa shape index (κ3) is 5.27. The molecule has 0 amide bonds. The molecule has 33 heavy (non-hydrogen) atoms. The molecule has 8 nitrogen and oxygen atoms in total. The first-order chi connectivity index (χ1) is 15.9. The summed E-state index contributed by atoms with van der Waals surface area (Å²) < 4.78 is 5.97. The highest BCUT2D eigenvalue weighted by Gasteiger charge is 2.16. The van der Waals surface area contributed by atoms with Gasteiger partial charge in [0, 0.05) is 25.2 Å². The predicted molar refractivity (Wildman–Crippen MR) is 127 cm³/mol. The molecule has 1 aromatic heterocycles. The topological polar surface area (TPSA) is 106 Å². The minimum Gasteiger partial charge on any atom is -0.497 e. The number of hydrogen-bond donors (Lipinski definition) is 1. The van der Waals surface area contributed by atoms with E-state index < -0.39 is 10.9 Å². The molecule has 3 aromatic carbocycles. The summed E-state index contributed by atoms with van der Waals surface area (Å²) in [5.41, 5.74) is 3.05. The molecule has 4 rings (SSSR count). The van der Waals surface area contributed by atoms with Gasteiger partial charge in [-0.05, 0) is 47.9 Å². The summed E-state index contributed by atoms with van der Waals surface area (Å²) in [4.78, 5) is 28.7. The number of hydrogen-bond acceptors (Lipinski definition) is 7. The number of anilines is 1. The molecule has 9 heteroatoms. The van der Waals surface area contributed by atoms with Crippen molar-refractivity contribution in [3.8, 4) is 5.75 Å². The lowest BCUT2D eigenvalue weighted by atomic mass is 10.1. The van der Waals surface area contributed by atoms with Gasteiger partial charge in [0.1, 0.15) is 5.75 Å². The minimum absolute atomic E-state index is 0.0340. The maximum atomic E-state index is 11.2. The summed E-state index contributed by atoms with van der Waals surface area (Å²) in [5.74, 6) is -0.174. The van der Waals surface area contributed by atoms with Crippen LogP contribution in [0.15, 0.2) is 66.7 Å². The standard InChI is InChI=1S/C24H21N3O5S/c1-32-20-9-4-16(5-10-20)12-13-26(15-17-2-6-18(7-3-17)23(28)29)24-25-21-11-8-19(27(30)31)14-22(21)33-24/h2-11,14H,12-13,15H2,1H3,(H,28,29). The first kappa shape index (κ1) is 22.2. The number of carboxylic acids is 1. The first-order valence-corrected chi connectivity index (χ1v) is 11.0. The van der Waals surface area contributed by atoms with Gasteiger partial charge in [0.25, 0.3) is 5.69 Å². The van der Waals surface area contributed by atoms with Crippen LogP contribution in [-0.2, 0) is 13.0 Å². The number of carbonyl (C=O) groups is 1. The van der Waals surface area contributed by atoms with E-state index >= 15 is 0 Å². The van der Waals surface area contributed by atoms with Gasteiger partial charge < -0.3 is 14.7 Å². The Morgan fingerprint density at radius 2 is 1.79 bits per heavy atom. The van der Waals surface area contributed by atoms with Crippen molar-refractivity contribution in [2.45, 2.75) is 13.0 Å². The summed E-state index contributed by atoms with van der Waals surface area (Å²) >= 11 is 1.40. The molecule has 0 aliphatic rings. The molecule has 1 heterocycles. The zero-order valence-electron chi connectivity index (χ0n) is 17.8. The molecule has 1 N–H and O–H groups in total. The molecule has 0 saturated heterocycles. The minimum atomic E-state index is -0.967. The van der Waals surface area contributed by atoms with Gasteiger partial charge in [0.05, 0.1) is 27.8 Å². The Labute approximate surface area is 193 Å². The van der Waals surface area contributed by atoms with Crippen LogP contribution in [0.5, 0.6) is 5.75 Å². The number of thiazole rings is 1. The molecular weight excluding hydrogens is 442 g/mol. The van der Waals surface area contributed by atoms with Crippen LogP contribution in [0.2, 0.25) is 0 Å². The lowest BCUT2D eigenvalue weighted by Crippen LogP contribution is -2.25. The molecule has 0 bridgehead atoms. The number of ether oxygens (including phenoxy) is 1. The first-order valence-electron chi connectivity index (χ1n) is 10.2. The van der Waals surface area contributed by atoms with E-state index in [9.17, 15) is 14.9 Å². The molecular formula is C24H21N3O5S. The fourth-order valence-corrected chi connectivity index (χ4v) is 4.45. The van der Waals surface area contributed by atoms with Crippen molar-refractivity contribution >= 4 is 38.3 Å². The second kappa shape index (κ2) is 9.66. The van der Waals surface area contributed by atoms with E-state index in [2.05, 4.69) is 4.90 Å². The Balaban J connectivity index is 1.61. The van der Waals surface area contributed by atoms with Gasteiger partial charge in [-0.2, -0.15) is 0 Å². The quantitative estimate of drug-likeness (QED) is 0.270. The zero-order chi connectivity index (χ0) is 23.4. The molecule has 0 atom stereocenters. The molecule has 0 saturated carbocycles. The van der Waals surface area contributed by atoms with Crippen LogP contribution in [0.3, 0.4) is 0 Å². The van der Waals surface area contributed by atoms with Gasteiger partial charge >= 0.3 is 5.97 Å². The molecule has 168 valence electrons. The fourth-order valence-electron chi connectivity index (χ4n) is 3.42. The van der Waals surface area contributed by atoms with Crippen LogP contribution in [-0.4, -0.2) is 34.6 Å². The Morgan fingerprint density at radius 1 is 1.09 bits per heavy atom. The van der Waals surface area contributed by atoms with Crippen LogP contribution >= 0.6 is 11.3 Å². The number of aromatic nitrogens is 1. The van der Waals surface area contributed by atoms with Crippen LogP contribution in [0.1, 0.15) is 21.5 Å². The van der Waals surface area contributed by atoms with E-state index in [-0.39, 0.29) is 11.3 Å². The largest absolute Gasteiger partial charge is 0.497 e. The smallest absolute Gasteiger partial charge is 0.335 e. The van der Waals surface area contributed by atoms with Crippen LogP contribution in [0.4, 0.5) is 10.8 Å². The molecule has 0 fully saturated rings. The maximum absolute atomic E-state index is 11.2. The molecule has 4 aromatic rings. The van der Waals surface area contributed by atoms with E-state index in [1.165, 1.54) is 17.4 Å². The summed E-state index contributed by atoms with van der Waals surface area (Å²) in [6, 6.07) is 19.3. The molecule has 0 radical (unpaired) electrons. The third-order valence-corrected chi connectivity index (χ3v) is 6.32. The second-order valence-corrected chi connectivity index (χ2v) is 8.44. The highest BCUT2D eigenvalue weighted by atomic mass is 32.1. The van der Waals surface area contributed by atoms with Crippen LogP contribution in [0.25, 0.3) is 10.2 Å². The Kier molecular flexibility index (Phi) is 6.50. The van der Waals surface area contributed by atoms with Gasteiger partial charge in [-0.25, -0.2) is 9.78 Å². The highest BCUT2D eigenvalue weighted by molar-refractivity contribution is 7.22. The van der Waals surface area contributed by atoms with Crippen molar-refractivity contribution in [2.75, 3.05) is 18.6 Å². The summed E-state index contributed by atoms with van der Waals surface area (Å²) in [7, 11) is 1.63. The summed E-state index contributed by atoms with van der Waals surface area (Å²) in [5, 5.41) is 21.0. The number of nitro benzene ring substituents is 1. The SMILES string of the molecule is COc1ccc(CCN(Cc2ccc(C(=O)O)cc2)c2nc3ccc([N+](=O)[O-])cc3s2)cc1. The Bertz CT molecular complexity index is 1290. The van der Waals surface area contributed by atoms with Crippen molar-refractivity contribution < 1.29 is 19.6 Å². The van der Waals surface area contributed by atoms with E-state index in [4.69, 9.17) is 14.8 Å². The van der Waals surface area contributed by atoms with E-state index in [1.54, 1.807) is 43.5 Å². The maximum Gasteiger partial charge on any atom is 0.335 e. The average Bonchev–Trinajstić information content (AvgIpc) is 3.25. The molecule has 0 aliphatic heterocycles. The predicted octanol–water partition coefficient (Wildman–Crippen LogP) is 5.16. The highest BCUT2D eigenvalue weighted by Crippen LogP contribution is 2.32. The number of aromatic carboxylic acids is 1. The van der Waals surface area contributed by atoms with E-state index in [0.717, 1.165) is 33.1 Å². The molecule has 0 unspecified atom stereocenters. The Morgan fingerprint density at radius 3 is 2.42 bits per heavy atom. The van der Waals surface area contributed by atoms with E-state index in [0.29, 0.717) is 18.6 Å². The lowest BCUT2D eigenvalue weighted by molar-refractivity contribution is -0.384. The van der Waals surface area contributed by atoms with Gasteiger partial charge in [0.2, 0.25) is 0 Å². The van der Waals surface area contributed by atoms with Crippen molar-refractivity contribution in [2.24, 2.45) is 0 Å². The number of nitrogens with zero attached hydrogens (tertiary/aromatic N) is 3. The lowest BCUT2D eigenvalue weighted by Gasteiger charge is -2.22. The molecule has 0 spiro atoms. The number of carboxylic acid groups (broad SMARTS) is 1. The van der Waals surface area contributed by atoms with Gasteiger partial charge in [-0.3, -0.25) is 10.1 Å². The monoisotopic (exact) mass is 463 g/mol. The van der Waals surface area contributed by atoms with Crippen molar-refractivity contribution in [3.05, 3.63) is 93.5 Å². The van der Waals surface area contributed by atoms with Gasteiger partial charge in [-0.15, -0.1) is 0 Å². The van der Waals surface area contributed by atoms with Gasteiger partial charge in [-0.1, -0.05) is 35.6 Å². The van der Waals surface area contributed by atoms with Crippen molar-refractivity contribution in [1.29, 1.82) is 0 Å². The third-order valence-electron chi connectivity index (χ3n) is 5.25. The average molecular weight is 464 g/mol. The summed E-state index contributed by atoms with van der Waals surface area (Å²) in [6.07, 6.45) is 0.757. The second-order valence-electron chi connectivity index (χ2n) is 7.43. The van der Waals surface area contributed by atoms with Crippen LogP contribution in [0, 0.1) is 10.1 Å². The number of fused-ring (bicyclic) bond motifs is 1. The van der Waals surface area contributed by atoms with Crippen molar-refractivity contribution in [1.82, 2.24) is 4.98 Å². The summed E-state index contributed by atoms with van der Waals surface area (Å²) in [6.45, 7) is 1.19. The number of nitro groups is 1. The normalized spacial score (nSPS) is 10.8. The fraction of sp³-hybridized carbons (Fsp3) is 0.167. The number of non-ortho nitro benzene ring substituents is 1. The number of rotatable bonds is 9. The molecule has 0 aliphatic carbocycles. The number of methoxy groups -OCH3 is 1.